The van der Waals surface area contributed by atoms with E-state index < -0.39 is 12.0 Å². The maximum Gasteiger partial charge on any atom is 0.414 e. The molecule has 0 bridgehead atoms. The van der Waals surface area contributed by atoms with E-state index >= 15 is 0 Å². The minimum Gasteiger partial charge on any atom is -0.459 e. The molecule has 19 heavy (non-hydrogen) atoms. The van der Waals surface area contributed by atoms with Crippen LogP contribution >= 0.6 is 11.6 Å². The molecule has 2 aromatic rings. The van der Waals surface area contributed by atoms with Gasteiger partial charge in [0, 0.05) is 10.6 Å². The fourth-order valence-corrected chi connectivity index (χ4v) is 1.55. The molecule has 0 saturated carbocycles. The van der Waals surface area contributed by atoms with Crippen molar-refractivity contribution in [1.82, 2.24) is 5.32 Å². The van der Waals surface area contributed by atoms with E-state index in [2.05, 4.69) is 0 Å². The minimum atomic E-state index is -0.860. The van der Waals surface area contributed by atoms with Gasteiger partial charge in [0.1, 0.15) is 6.61 Å². The minimum absolute atomic E-state index is 0.0169. The standard InChI is InChI=1S/C13H10ClNO4/c14-10-5-2-1-4-9(10)8-19-13(17)15-12(16)11-6-3-7-18-11/h1-7H,8H2,(H,15,16,17). The zero-order valence-electron chi connectivity index (χ0n) is 9.76. The topological polar surface area (TPSA) is 68.5 Å². The van der Waals surface area contributed by atoms with Gasteiger partial charge < -0.3 is 9.15 Å². The van der Waals surface area contributed by atoms with E-state index in [1.54, 1.807) is 30.3 Å². The van der Waals surface area contributed by atoms with Gasteiger partial charge in [-0.3, -0.25) is 10.1 Å². The largest absolute Gasteiger partial charge is 0.459 e. The van der Waals surface area contributed by atoms with E-state index in [-0.39, 0.29) is 12.4 Å². The number of nitrogens with one attached hydrogen (secondary N) is 1. The summed E-state index contributed by atoms with van der Waals surface area (Å²) in [5.74, 6) is -0.621. The SMILES string of the molecule is O=C(NC(=O)c1ccco1)OCc1ccccc1Cl. The third-order valence-electron chi connectivity index (χ3n) is 2.28. The zero-order valence-corrected chi connectivity index (χ0v) is 10.5. The highest BCUT2D eigenvalue weighted by atomic mass is 35.5. The Kier molecular flexibility index (Phi) is 4.20. The lowest BCUT2D eigenvalue weighted by molar-refractivity contribution is 0.0886. The molecule has 0 aliphatic rings. The fraction of sp³-hybridized carbons (Fsp3) is 0.0769. The second-order valence-electron chi connectivity index (χ2n) is 3.60. The van der Waals surface area contributed by atoms with Gasteiger partial charge in [0.05, 0.1) is 6.26 Å². The number of carbonyl (C=O) groups excluding carboxylic acids is 2. The first-order valence-corrected chi connectivity index (χ1v) is 5.79. The number of halogens is 1. The highest BCUT2D eigenvalue weighted by Crippen LogP contribution is 2.15. The molecule has 0 aliphatic carbocycles. The van der Waals surface area contributed by atoms with E-state index in [0.29, 0.717) is 10.6 Å². The summed E-state index contributed by atoms with van der Waals surface area (Å²) < 4.78 is 9.72. The molecule has 0 fully saturated rings. The molecule has 2 rings (SSSR count). The lowest BCUT2D eigenvalue weighted by Crippen LogP contribution is -2.30. The second-order valence-corrected chi connectivity index (χ2v) is 4.01. The summed E-state index contributed by atoms with van der Waals surface area (Å²) >= 11 is 5.90. The molecule has 1 aromatic carbocycles. The Hall–Kier alpha value is -2.27. The van der Waals surface area contributed by atoms with Crippen LogP contribution in [0.1, 0.15) is 16.1 Å². The second kappa shape index (κ2) is 6.06. The number of ether oxygens (including phenoxy) is 1. The summed E-state index contributed by atoms with van der Waals surface area (Å²) in [6.45, 7) is -0.0169. The Balaban J connectivity index is 1.85. The normalized spacial score (nSPS) is 9.95. The van der Waals surface area contributed by atoms with Gasteiger partial charge >= 0.3 is 6.09 Å². The number of rotatable bonds is 3. The number of alkyl carbamates (subject to hydrolysis) is 1. The summed E-state index contributed by atoms with van der Waals surface area (Å²) in [6, 6.07) is 9.94. The number of benzene rings is 1. The van der Waals surface area contributed by atoms with Gasteiger partial charge in [0.25, 0.3) is 5.91 Å². The fourth-order valence-electron chi connectivity index (χ4n) is 1.36. The van der Waals surface area contributed by atoms with Crippen LogP contribution < -0.4 is 5.32 Å². The van der Waals surface area contributed by atoms with Crippen molar-refractivity contribution in [1.29, 1.82) is 0 Å². The molecule has 1 heterocycles. The van der Waals surface area contributed by atoms with E-state index in [0.717, 1.165) is 0 Å². The Morgan fingerprint density at radius 3 is 2.68 bits per heavy atom. The van der Waals surface area contributed by atoms with Crippen LogP contribution in [0.15, 0.2) is 47.1 Å². The number of furan rings is 1. The Labute approximate surface area is 114 Å². The van der Waals surface area contributed by atoms with Gasteiger partial charge in [0.2, 0.25) is 0 Å². The van der Waals surface area contributed by atoms with Gasteiger partial charge in [0.15, 0.2) is 5.76 Å². The first-order valence-electron chi connectivity index (χ1n) is 5.42. The predicted molar refractivity (Wildman–Crippen MR) is 67.8 cm³/mol. The average Bonchev–Trinajstić information content (AvgIpc) is 2.91. The number of imide groups is 1. The van der Waals surface area contributed by atoms with Crippen LogP contribution in [0.4, 0.5) is 4.79 Å². The van der Waals surface area contributed by atoms with Crippen molar-refractivity contribution < 1.29 is 18.7 Å². The van der Waals surface area contributed by atoms with Crippen LogP contribution in [0.3, 0.4) is 0 Å². The van der Waals surface area contributed by atoms with Crippen LogP contribution in [-0.4, -0.2) is 12.0 Å². The van der Waals surface area contributed by atoms with Crippen LogP contribution in [0, 0.1) is 0 Å². The lowest BCUT2D eigenvalue weighted by Gasteiger charge is -2.06. The molecule has 0 radical (unpaired) electrons. The third kappa shape index (κ3) is 3.59. The molecule has 1 aromatic heterocycles. The summed E-state index contributed by atoms with van der Waals surface area (Å²) in [6.07, 6.45) is 0.477. The molecule has 0 unspecified atom stereocenters. The van der Waals surface area contributed by atoms with Gasteiger partial charge in [-0.15, -0.1) is 0 Å². The Morgan fingerprint density at radius 1 is 1.21 bits per heavy atom. The first-order chi connectivity index (χ1) is 9.16. The molecule has 6 heteroatoms. The van der Waals surface area contributed by atoms with Gasteiger partial charge in [-0.25, -0.2) is 4.79 Å². The maximum absolute atomic E-state index is 11.5. The molecule has 0 saturated heterocycles. The van der Waals surface area contributed by atoms with Crippen molar-refractivity contribution in [2.24, 2.45) is 0 Å². The molecule has 98 valence electrons. The molecule has 0 aliphatic heterocycles. The summed E-state index contributed by atoms with van der Waals surface area (Å²) in [4.78, 5) is 22.9. The number of amides is 2. The van der Waals surface area contributed by atoms with Gasteiger partial charge in [-0.05, 0) is 18.2 Å². The Bertz CT molecular complexity index is 580. The lowest BCUT2D eigenvalue weighted by atomic mass is 10.2. The van der Waals surface area contributed by atoms with Crippen LogP contribution in [0.2, 0.25) is 5.02 Å². The summed E-state index contributed by atoms with van der Waals surface area (Å²) in [5, 5.41) is 2.53. The Morgan fingerprint density at radius 2 is 2.00 bits per heavy atom. The van der Waals surface area contributed by atoms with Crippen molar-refractivity contribution in [3.05, 3.63) is 59.0 Å². The van der Waals surface area contributed by atoms with Crippen LogP contribution in [0.25, 0.3) is 0 Å². The third-order valence-corrected chi connectivity index (χ3v) is 2.65. The van der Waals surface area contributed by atoms with E-state index in [1.165, 1.54) is 12.3 Å². The van der Waals surface area contributed by atoms with E-state index in [9.17, 15) is 9.59 Å². The van der Waals surface area contributed by atoms with Gasteiger partial charge in [-0.1, -0.05) is 29.8 Å². The van der Waals surface area contributed by atoms with Crippen molar-refractivity contribution >= 4 is 23.6 Å². The number of hydrogen-bond acceptors (Lipinski definition) is 4. The molecule has 0 spiro atoms. The van der Waals surface area contributed by atoms with E-state index in [1.807, 2.05) is 5.32 Å². The average molecular weight is 280 g/mol. The molecular formula is C13H10ClNO4. The molecule has 1 N–H and O–H groups in total. The maximum atomic E-state index is 11.5. The predicted octanol–water partition coefficient (Wildman–Crippen LogP) is 3.00. The quantitative estimate of drug-likeness (QED) is 0.938. The van der Waals surface area contributed by atoms with Crippen molar-refractivity contribution in [2.45, 2.75) is 6.61 Å². The first kappa shape index (κ1) is 13.2. The highest BCUT2D eigenvalue weighted by molar-refractivity contribution is 6.31. The monoisotopic (exact) mass is 279 g/mol. The summed E-state index contributed by atoms with van der Waals surface area (Å²) in [7, 11) is 0. The van der Waals surface area contributed by atoms with E-state index in [4.69, 9.17) is 20.8 Å². The smallest absolute Gasteiger partial charge is 0.414 e. The highest BCUT2D eigenvalue weighted by Gasteiger charge is 2.13. The van der Waals surface area contributed by atoms with Gasteiger partial charge in [-0.2, -0.15) is 0 Å². The van der Waals surface area contributed by atoms with Crippen molar-refractivity contribution in [3.63, 3.8) is 0 Å². The molecule has 0 atom stereocenters. The van der Waals surface area contributed by atoms with Crippen LogP contribution in [-0.2, 0) is 11.3 Å². The van der Waals surface area contributed by atoms with Crippen molar-refractivity contribution in [3.8, 4) is 0 Å². The number of hydrogen-bond donors (Lipinski definition) is 1. The molecule has 2 amide bonds. The molecular weight excluding hydrogens is 270 g/mol. The van der Waals surface area contributed by atoms with Crippen molar-refractivity contribution in [2.75, 3.05) is 0 Å². The number of carbonyl (C=O) groups is 2. The van der Waals surface area contributed by atoms with Crippen LogP contribution in [0.5, 0.6) is 0 Å². The zero-order chi connectivity index (χ0) is 13.7. The molecule has 5 nitrogen and oxygen atoms in total. The summed E-state index contributed by atoms with van der Waals surface area (Å²) in [5.41, 5.74) is 0.657.